The molecule has 0 bridgehead atoms. The van der Waals surface area contributed by atoms with Gasteiger partial charge in [-0.15, -0.1) is 0 Å². The first-order chi connectivity index (χ1) is 12.2. The first-order valence-electron chi connectivity index (χ1n) is 7.64. The van der Waals surface area contributed by atoms with Gasteiger partial charge in [0, 0.05) is 10.9 Å². The molecule has 1 heterocycles. The summed E-state index contributed by atoms with van der Waals surface area (Å²) in [4.78, 5) is 8.69. The number of hydrogen-bond acceptors (Lipinski definition) is 3. The number of hydrogen-bond donors (Lipinski definition) is 0. The highest BCUT2D eigenvalue weighted by atomic mass is 35.5. The van der Waals surface area contributed by atoms with E-state index in [9.17, 15) is 0 Å². The third-order valence-electron chi connectivity index (χ3n) is 3.79. The molecule has 0 N–H and O–H groups in total. The SMILES string of the molecule is Clc1ccc(Oc2ccccc2)cc1-c1ncnc2c(Cl)cccc12. The lowest BCUT2D eigenvalue weighted by Gasteiger charge is -2.11. The Bertz CT molecular complexity index is 1050. The van der Waals surface area contributed by atoms with Gasteiger partial charge in [-0.2, -0.15) is 0 Å². The van der Waals surface area contributed by atoms with Crippen LogP contribution < -0.4 is 4.74 Å². The Labute approximate surface area is 154 Å². The zero-order valence-corrected chi connectivity index (χ0v) is 14.5. The second-order valence-corrected chi connectivity index (χ2v) is 6.23. The van der Waals surface area contributed by atoms with Crippen LogP contribution >= 0.6 is 23.2 Å². The van der Waals surface area contributed by atoms with Crippen LogP contribution in [0.25, 0.3) is 22.2 Å². The van der Waals surface area contributed by atoms with Crippen molar-refractivity contribution in [1.82, 2.24) is 9.97 Å². The lowest BCUT2D eigenvalue weighted by Crippen LogP contribution is -1.92. The highest BCUT2D eigenvalue weighted by Crippen LogP contribution is 2.36. The molecule has 0 amide bonds. The molecule has 0 aliphatic rings. The van der Waals surface area contributed by atoms with E-state index in [0.717, 1.165) is 22.4 Å². The zero-order valence-electron chi connectivity index (χ0n) is 13.0. The quantitative estimate of drug-likeness (QED) is 0.420. The largest absolute Gasteiger partial charge is 0.457 e. The van der Waals surface area contributed by atoms with Crippen molar-refractivity contribution in [2.24, 2.45) is 0 Å². The smallest absolute Gasteiger partial charge is 0.128 e. The summed E-state index contributed by atoms with van der Waals surface area (Å²) in [5.74, 6) is 1.44. The lowest BCUT2D eigenvalue weighted by molar-refractivity contribution is 0.483. The van der Waals surface area contributed by atoms with Gasteiger partial charge >= 0.3 is 0 Å². The predicted octanol–water partition coefficient (Wildman–Crippen LogP) is 6.40. The number of ether oxygens (including phenoxy) is 1. The number of benzene rings is 3. The van der Waals surface area contributed by atoms with Crippen molar-refractivity contribution in [2.45, 2.75) is 0 Å². The molecule has 0 radical (unpaired) electrons. The van der Waals surface area contributed by atoms with Crippen LogP contribution in [-0.4, -0.2) is 9.97 Å². The molecule has 0 fully saturated rings. The standard InChI is InChI=1S/C20H12Cl2N2O/c21-17-10-9-14(25-13-5-2-1-3-6-13)11-16(17)19-15-7-4-8-18(22)20(15)24-12-23-19/h1-12H. The molecular formula is C20H12Cl2N2O. The highest BCUT2D eigenvalue weighted by Gasteiger charge is 2.13. The van der Waals surface area contributed by atoms with Crippen LogP contribution in [0.4, 0.5) is 0 Å². The zero-order chi connectivity index (χ0) is 17.2. The molecule has 3 aromatic carbocycles. The van der Waals surface area contributed by atoms with Crippen molar-refractivity contribution in [3.63, 3.8) is 0 Å². The van der Waals surface area contributed by atoms with Gasteiger partial charge < -0.3 is 4.74 Å². The number of para-hydroxylation sites is 2. The van der Waals surface area contributed by atoms with Gasteiger partial charge in [0.05, 0.1) is 21.3 Å². The first kappa shape index (κ1) is 15.9. The molecule has 122 valence electrons. The normalized spacial score (nSPS) is 10.8. The Balaban J connectivity index is 1.83. The second kappa shape index (κ2) is 6.71. The number of nitrogens with zero attached hydrogens (tertiary/aromatic N) is 2. The van der Waals surface area contributed by atoms with Crippen LogP contribution in [0, 0.1) is 0 Å². The van der Waals surface area contributed by atoms with Gasteiger partial charge in [0.1, 0.15) is 17.8 Å². The first-order valence-corrected chi connectivity index (χ1v) is 8.40. The molecule has 0 aliphatic carbocycles. The fourth-order valence-electron chi connectivity index (χ4n) is 2.64. The number of aromatic nitrogens is 2. The maximum atomic E-state index is 6.42. The van der Waals surface area contributed by atoms with Crippen LogP contribution in [0.2, 0.25) is 10.0 Å². The minimum Gasteiger partial charge on any atom is -0.457 e. The van der Waals surface area contributed by atoms with Crippen molar-refractivity contribution in [2.75, 3.05) is 0 Å². The summed E-state index contributed by atoms with van der Waals surface area (Å²) in [5, 5.41) is 2.00. The molecule has 0 spiro atoms. The fraction of sp³-hybridized carbons (Fsp3) is 0. The van der Waals surface area contributed by atoms with Crippen LogP contribution in [0.15, 0.2) is 73.1 Å². The Morgan fingerprint density at radius 2 is 1.56 bits per heavy atom. The summed E-state index contributed by atoms with van der Waals surface area (Å²) < 4.78 is 5.90. The molecule has 0 saturated heterocycles. The lowest BCUT2D eigenvalue weighted by atomic mass is 10.1. The molecule has 1 aromatic heterocycles. The topological polar surface area (TPSA) is 35.0 Å². The summed E-state index contributed by atoms with van der Waals surface area (Å²) >= 11 is 12.7. The molecule has 0 atom stereocenters. The van der Waals surface area contributed by atoms with E-state index >= 15 is 0 Å². The monoisotopic (exact) mass is 366 g/mol. The predicted molar refractivity (Wildman–Crippen MR) is 102 cm³/mol. The molecular weight excluding hydrogens is 355 g/mol. The Hall–Kier alpha value is -2.62. The average molecular weight is 367 g/mol. The van der Waals surface area contributed by atoms with E-state index in [-0.39, 0.29) is 0 Å². The summed E-state index contributed by atoms with van der Waals surface area (Å²) in [6.07, 6.45) is 1.49. The summed E-state index contributed by atoms with van der Waals surface area (Å²) in [5.41, 5.74) is 2.18. The highest BCUT2D eigenvalue weighted by molar-refractivity contribution is 6.36. The maximum Gasteiger partial charge on any atom is 0.128 e. The molecule has 5 heteroatoms. The summed E-state index contributed by atoms with van der Waals surface area (Å²) in [6.45, 7) is 0. The van der Waals surface area contributed by atoms with Gasteiger partial charge in [-0.3, -0.25) is 0 Å². The Morgan fingerprint density at radius 1 is 0.720 bits per heavy atom. The third-order valence-corrected chi connectivity index (χ3v) is 4.42. The van der Waals surface area contributed by atoms with Crippen molar-refractivity contribution in [1.29, 1.82) is 0 Å². The fourth-order valence-corrected chi connectivity index (χ4v) is 3.07. The number of halogens is 2. The van der Waals surface area contributed by atoms with E-state index in [2.05, 4.69) is 9.97 Å². The van der Waals surface area contributed by atoms with Gasteiger partial charge in [0.2, 0.25) is 0 Å². The van der Waals surface area contributed by atoms with Gasteiger partial charge in [0.25, 0.3) is 0 Å². The molecule has 3 nitrogen and oxygen atoms in total. The van der Waals surface area contributed by atoms with Crippen molar-refractivity contribution < 1.29 is 4.74 Å². The summed E-state index contributed by atoms with van der Waals surface area (Å²) in [7, 11) is 0. The van der Waals surface area contributed by atoms with Crippen LogP contribution in [0.3, 0.4) is 0 Å². The van der Waals surface area contributed by atoms with E-state index < -0.39 is 0 Å². The van der Waals surface area contributed by atoms with E-state index in [1.807, 2.05) is 54.6 Å². The van der Waals surface area contributed by atoms with E-state index in [1.165, 1.54) is 6.33 Å². The van der Waals surface area contributed by atoms with Crippen molar-refractivity contribution in [3.05, 3.63) is 83.1 Å². The van der Waals surface area contributed by atoms with Gasteiger partial charge in [-0.25, -0.2) is 9.97 Å². The second-order valence-electron chi connectivity index (χ2n) is 5.42. The Kier molecular flexibility index (Phi) is 4.26. The number of rotatable bonds is 3. The third kappa shape index (κ3) is 3.16. The van der Waals surface area contributed by atoms with Gasteiger partial charge in [-0.05, 0) is 36.4 Å². The van der Waals surface area contributed by atoms with E-state index in [0.29, 0.717) is 21.3 Å². The molecule has 25 heavy (non-hydrogen) atoms. The summed E-state index contributed by atoms with van der Waals surface area (Å²) in [6, 6.07) is 20.7. The minimum atomic E-state index is 0.578. The van der Waals surface area contributed by atoms with E-state index in [4.69, 9.17) is 27.9 Å². The van der Waals surface area contributed by atoms with Gasteiger partial charge in [0.15, 0.2) is 0 Å². The average Bonchev–Trinajstić information content (AvgIpc) is 2.64. The van der Waals surface area contributed by atoms with Crippen LogP contribution in [-0.2, 0) is 0 Å². The van der Waals surface area contributed by atoms with Crippen LogP contribution in [0.1, 0.15) is 0 Å². The van der Waals surface area contributed by atoms with E-state index in [1.54, 1.807) is 12.1 Å². The Morgan fingerprint density at radius 3 is 2.40 bits per heavy atom. The molecule has 4 rings (SSSR count). The van der Waals surface area contributed by atoms with Crippen LogP contribution in [0.5, 0.6) is 11.5 Å². The van der Waals surface area contributed by atoms with Crippen molar-refractivity contribution >= 4 is 34.1 Å². The molecule has 0 aliphatic heterocycles. The minimum absolute atomic E-state index is 0.578. The van der Waals surface area contributed by atoms with Crippen molar-refractivity contribution in [3.8, 4) is 22.8 Å². The maximum absolute atomic E-state index is 6.42. The van der Waals surface area contributed by atoms with Gasteiger partial charge in [-0.1, -0.05) is 53.5 Å². The molecule has 4 aromatic rings. The number of fused-ring (bicyclic) bond motifs is 1. The molecule has 0 saturated carbocycles. The molecule has 0 unspecified atom stereocenters.